The number of hydrogen-bond acceptors (Lipinski definition) is 3. The fourth-order valence-electron chi connectivity index (χ4n) is 1.66. The first-order valence-corrected chi connectivity index (χ1v) is 6.71. The summed E-state index contributed by atoms with van der Waals surface area (Å²) < 4.78 is 13.8. The van der Waals surface area contributed by atoms with Crippen molar-refractivity contribution in [1.82, 2.24) is 4.90 Å². The molecule has 0 unspecified atom stereocenters. The number of thiophene rings is 1. The van der Waals surface area contributed by atoms with Gasteiger partial charge in [-0.3, -0.25) is 4.79 Å². The van der Waals surface area contributed by atoms with Crippen molar-refractivity contribution in [3.63, 3.8) is 0 Å². The third kappa shape index (κ3) is 3.24. The zero-order chi connectivity index (χ0) is 14.0. The molecule has 0 saturated heterocycles. The second-order valence-electron chi connectivity index (χ2n) is 4.10. The van der Waals surface area contributed by atoms with Gasteiger partial charge < -0.3 is 10.6 Å². The molecule has 0 saturated carbocycles. The minimum atomic E-state index is -0.481. The van der Waals surface area contributed by atoms with Gasteiger partial charge >= 0.3 is 0 Å². The SMILES string of the molecule is CN(Cc1ccc(Cl)s1)C(=O)c1cc(F)ccc1N. The molecule has 0 fully saturated rings. The fourth-order valence-corrected chi connectivity index (χ4v) is 2.80. The molecule has 0 aliphatic carbocycles. The summed E-state index contributed by atoms with van der Waals surface area (Å²) in [6, 6.07) is 7.39. The normalized spacial score (nSPS) is 10.5. The number of halogens is 2. The van der Waals surface area contributed by atoms with Gasteiger partial charge in [-0.05, 0) is 30.3 Å². The first-order valence-electron chi connectivity index (χ1n) is 5.52. The Kier molecular flexibility index (Phi) is 4.07. The lowest BCUT2D eigenvalue weighted by Gasteiger charge is -2.17. The fraction of sp³-hybridized carbons (Fsp3) is 0.154. The number of carbonyl (C=O) groups excluding carboxylic acids is 1. The molecule has 100 valence electrons. The van der Waals surface area contributed by atoms with Crippen molar-refractivity contribution < 1.29 is 9.18 Å². The van der Waals surface area contributed by atoms with Gasteiger partial charge in [0, 0.05) is 17.6 Å². The van der Waals surface area contributed by atoms with E-state index in [2.05, 4.69) is 0 Å². The van der Waals surface area contributed by atoms with Crippen molar-refractivity contribution in [1.29, 1.82) is 0 Å². The predicted octanol–water partition coefficient (Wildman–Crippen LogP) is 3.40. The Morgan fingerprint density at radius 3 is 2.79 bits per heavy atom. The van der Waals surface area contributed by atoms with Crippen LogP contribution in [0.25, 0.3) is 0 Å². The van der Waals surface area contributed by atoms with Crippen molar-refractivity contribution in [2.75, 3.05) is 12.8 Å². The Labute approximate surface area is 119 Å². The van der Waals surface area contributed by atoms with Gasteiger partial charge in [0.1, 0.15) is 5.82 Å². The zero-order valence-corrected chi connectivity index (χ0v) is 11.8. The highest BCUT2D eigenvalue weighted by molar-refractivity contribution is 7.16. The third-order valence-corrected chi connectivity index (χ3v) is 3.83. The highest BCUT2D eigenvalue weighted by Gasteiger charge is 2.16. The van der Waals surface area contributed by atoms with Crippen LogP contribution >= 0.6 is 22.9 Å². The summed E-state index contributed by atoms with van der Waals surface area (Å²) in [6.45, 7) is 0.409. The van der Waals surface area contributed by atoms with Gasteiger partial charge in [-0.15, -0.1) is 11.3 Å². The molecule has 0 bridgehead atoms. The molecule has 1 heterocycles. The largest absolute Gasteiger partial charge is 0.398 e. The molecule has 0 atom stereocenters. The Balaban J connectivity index is 2.16. The van der Waals surface area contributed by atoms with E-state index >= 15 is 0 Å². The summed E-state index contributed by atoms with van der Waals surface area (Å²) in [7, 11) is 1.64. The van der Waals surface area contributed by atoms with E-state index in [-0.39, 0.29) is 17.2 Å². The Morgan fingerprint density at radius 1 is 1.42 bits per heavy atom. The van der Waals surface area contributed by atoms with Crippen LogP contribution in [-0.4, -0.2) is 17.9 Å². The van der Waals surface area contributed by atoms with E-state index in [4.69, 9.17) is 17.3 Å². The smallest absolute Gasteiger partial charge is 0.256 e. The molecule has 2 rings (SSSR count). The van der Waals surface area contributed by atoms with E-state index in [9.17, 15) is 9.18 Å². The Bertz CT molecular complexity index is 614. The summed E-state index contributed by atoms with van der Waals surface area (Å²) in [4.78, 5) is 14.6. The third-order valence-electron chi connectivity index (χ3n) is 2.61. The molecule has 2 N–H and O–H groups in total. The monoisotopic (exact) mass is 298 g/mol. The van der Waals surface area contributed by atoms with Crippen LogP contribution in [0.5, 0.6) is 0 Å². The average Bonchev–Trinajstić information content (AvgIpc) is 2.77. The van der Waals surface area contributed by atoms with Gasteiger partial charge in [0.2, 0.25) is 0 Å². The molecular weight excluding hydrogens is 287 g/mol. The summed E-state index contributed by atoms with van der Waals surface area (Å²) in [5.74, 6) is -0.799. The maximum absolute atomic E-state index is 13.2. The van der Waals surface area contributed by atoms with Crippen molar-refractivity contribution in [2.24, 2.45) is 0 Å². The number of amides is 1. The molecule has 0 spiro atoms. The van der Waals surface area contributed by atoms with E-state index in [1.54, 1.807) is 13.1 Å². The molecule has 0 aliphatic heterocycles. The van der Waals surface area contributed by atoms with Gasteiger partial charge in [0.15, 0.2) is 0 Å². The van der Waals surface area contributed by atoms with Gasteiger partial charge in [-0.1, -0.05) is 11.6 Å². The maximum atomic E-state index is 13.2. The molecular formula is C13H12ClFN2OS. The van der Waals surface area contributed by atoms with Crippen LogP contribution in [0.1, 0.15) is 15.2 Å². The molecule has 1 amide bonds. The number of rotatable bonds is 3. The molecule has 2 aromatic rings. The van der Waals surface area contributed by atoms with Crippen LogP contribution in [0.4, 0.5) is 10.1 Å². The number of anilines is 1. The lowest BCUT2D eigenvalue weighted by molar-refractivity contribution is 0.0787. The van der Waals surface area contributed by atoms with Crippen LogP contribution in [0.15, 0.2) is 30.3 Å². The van der Waals surface area contributed by atoms with Crippen LogP contribution in [0.3, 0.4) is 0 Å². The standard InChI is InChI=1S/C13H12ClFN2OS/c1-17(7-9-3-5-12(14)19-9)13(18)10-6-8(15)2-4-11(10)16/h2-6H,7,16H2,1H3. The van der Waals surface area contributed by atoms with Crippen LogP contribution in [0.2, 0.25) is 4.34 Å². The molecule has 1 aromatic carbocycles. The van der Waals surface area contributed by atoms with Crippen LogP contribution in [0, 0.1) is 5.82 Å². The van der Waals surface area contributed by atoms with Crippen molar-refractivity contribution in [2.45, 2.75) is 6.54 Å². The number of carbonyl (C=O) groups is 1. The van der Waals surface area contributed by atoms with Crippen LogP contribution < -0.4 is 5.73 Å². The maximum Gasteiger partial charge on any atom is 0.256 e. The molecule has 1 aromatic heterocycles. The number of nitrogen functional groups attached to an aromatic ring is 1. The molecule has 6 heteroatoms. The second-order valence-corrected chi connectivity index (χ2v) is 5.90. The molecule has 3 nitrogen and oxygen atoms in total. The number of nitrogens with zero attached hydrogens (tertiary/aromatic N) is 1. The number of benzene rings is 1. The summed E-state index contributed by atoms with van der Waals surface area (Å²) in [5, 5.41) is 0. The second kappa shape index (κ2) is 5.59. The topological polar surface area (TPSA) is 46.3 Å². The average molecular weight is 299 g/mol. The molecule has 0 radical (unpaired) electrons. The lowest BCUT2D eigenvalue weighted by atomic mass is 10.1. The predicted molar refractivity (Wildman–Crippen MR) is 75.9 cm³/mol. The van der Waals surface area contributed by atoms with E-state index in [1.165, 1.54) is 28.4 Å². The van der Waals surface area contributed by atoms with Crippen LogP contribution in [-0.2, 0) is 6.54 Å². The van der Waals surface area contributed by atoms with E-state index in [0.717, 1.165) is 10.9 Å². The van der Waals surface area contributed by atoms with Crippen molar-refractivity contribution >= 4 is 34.5 Å². The minimum absolute atomic E-state index is 0.171. The Morgan fingerprint density at radius 2 is 2.16 bits per heavy atom. The van der Waals surface area contributed by atoms with E-state index in [0.29, 0.717) is 10.9 Å². The first kappa shape index (κ1) is 13.8. The zero-order valence-electron chi connectivity index (χ0n) is 10.2. The van der Waals surface area contributed by atoms with Gasteiger partial charge in [-0.2, -0.15) is 0 Å². The van der Waals surface area contributed by atoms with E-state index in [1.807, 2.05) is 6.07 Å². The first-order chi connectivity index (χ1) is 8.97. The molecule has 0 aliphatic rings. The summed E-state index contributed by atoms with van der Waals surface area (Å²) in [5.41, 5.74) is 6.13. The highest BCUT2D eigenvalue weighted by Crippen LogP contribution is 2.23. The van der Waals surface area contributed by atoms with Gasteiger partial charge in [0.05, 0.1) is 16.4 Å². The molecule has 19 heavy (non-hydrogen) atoms. The van der Waals surface area contributed by atoms with Crippen molar-refractivity contribution in [3.8, 4) is 0 Å². The lowest BCUT2D eigenvalue weighted by Crippen LogP contribution is -2.26. The number of hydrogen-bond donors (Lipinski definition) is 1. The van der Waals surface area contributed by atoms with Gasteiger partial charge in [-0.25, -0.2) is 4.39 Å². The van der Waals surface area contributed by atoms with Gasteiger partial charge in [0.25, 0.3) is 5.91 Å². The number of nitrogens with two attached hydrogens (primary N) is 1. The summed E-state index contributed by atoms with van der Waals surface area (Å²) in [6.07, 6.45) is 0. The minimum Gasteiger partial charge on any atom is -0.398 e. The Hall–Kier alpha value is -1.59. The van der Waals surface area contributed by atoms with Crippen molar-refractivity contribution in [3.05, 3.63) is 50.9 Å². The quantitative estimate of drug-likeness (QED) is 0.883. The highest BCUT2D eigenvalue weighted by atomic mass is 35.5. The summed E-state index contributed by atoms with van der Waals surface area (Å²) >= 11 is 7.23. The van der Waals surface area contributed by atoms with E-state index < -0.39 is 5.82 Å².